The summed E-state index contributed by atoms with van der Waals surface area (Å²) >= 11 is 0. The largest absolute Gasteiger partial charge is 0.496 e. The highest BCUT2D eigenvalue weighted by atomic mass is 16.5. The molecule has 0 bridgehead atoms. The third-order valence-electron chi connectivity index (χ3n) is 2.51. The standard InChI is InChI=1S/C13H14N2O2/c1-3-12-14-10(8-13(16)15-12)9-6-4-5-7-11(9)17-2/h4-8H,3H2,1-2H3,(H,14,15,16). The van der Waals surface area contributed by atoms with E-state index in [2.05, 4.69) is 9.97 Å². The number of nitrogens with one attached hydrogen (secondary N) is 1. The highest BCUT2D eigenvalue weighted by molar-refractivity contribution is 5.66. The fourth-order valence-electron chi connectivity index (χ4n) is 1.67. The number of rotatable bonds is 3. The predicted molar refractivity (Wildman–Crippen MR) is 66.2 cm³/mol. The van der Waals surface area contributed by atoms with Crippen molar-refractivity contribution < 1.29 is 4.74 Å². The van der Waals surface area contributed by atoms with Gasteiger partial charge in [0, 0.05) is 18.1 Å². The average molecular weight is 230 g/mol. The van der Waals surface area contributed by atoms with Gasteiger partial charge in [0.15, 0.2) is 0 Å². The van der Waals surface area contributed by atoms with E-state index in [9.17, 15) is 4.79 Å². The Morgan fingerprint density at radius 3 is 2.82 bits per heavy atom. The second-order valence-electron chi connectivity index (χ2n) is 3.63. The van der Waals surface area contributed by atoms with E-state index in [-0.39, 0.29) is 5.56 Å². The maximum absolute atomic E-state index is 11.5. The van der Waals surface area contributed by atoms with E-state index in [0.717, 1.165) is 5.56 Å². The minimum Gasteiger partial charge on any atom is -0.496 e. The fraction of sp³-hybridized carbons (Fsp3) is 0.231. The Bertz CT molecular complexity index is 576. The zero-order chi connectivity index (χ0) is 12.3. The van der Waals surface area contributed by atoms with E-state index >= 15 is 0 Å². The molecule has 0 aliphatic carbocycles. The molecule has 2 rings (SSSR count). The van der Waals surface area contributed by atoms with Crippen molar-refractivity contribution >= 4 is 0 Å². The van der Waals surface area contributed by atoms with Gasteiger partial charge in [-0.25, -0.2) is 4.98 Å². The van der Waals surface area contributed by atoms with Crippen molar-refractivity contribution in [2.24, 2.45) is 0 Å². The maximum atomic E-state index is 11.5. The van der Waals surface area contributed by atoms with Gasteiger partial charge < -0.3 is 9.72 Å². The van der Waals surface area contributed by atoms with Crippen LogP contribution >= 0.6 is 0 Å². The summed E-state index contributed by atoms with van der Waals surface area (Å²) in [5.74, 6) is 1.39. The summed E-state index contributed by atoms with van der Waals surface area (Å²) in [5, 5.41) is 0. The van der Waals surface area contributed by atoms with Crippen LogP contribution < -0.4 is 10.3 Å². The van der Waals surface area contributed by atoms with Crippen LogP contribution in [-0.4, -0.2) is 17.1 Å². The molecule has 1 heterocycles. The smallest absolute Gasteiger partial charge is 0.251 e. The number of aryl methyl sites for hydroxylation is 1. The van der Waals surface area contributed by atoms with Crippen LogP contribution in [0.25, 0.3) is 11.3 Å². The lowest BCUT2D eigenvalue weighted by molar-refractivity contribution is 0.416. The molecule has 0 aliphatic heterocycles. The van der Waals surface area contributed by atoms with Crippen LogP contribution in [0.15, 0.2) is 35.1 Å². The number of hydrogen-bond donors (Lipinski definition) is 1. The summed E-state index contributed by atoms with van der Waals surface area (Å²) in [6.45, 7) is 1.95. The molecule has 1 N–H and O–H groups in total. The van der Waals surface area contributed by atoms with Crippen molar-refractivity contribution in [1.29, 1.82) is 0 Å². The molecule has 2 aromatic rings. The van der Waals surface area contributed by atoms with Crippen LogP contribution in [0, 0.1) is 0 Å². The maximum Gasteiger partial charge on any atom is 0.251 e. The molecule has 0 aliphatic rings. The second-order valence-corrected chi connectivity index (χ2v) is 3.63. The number of aromatic nitrogens is 2. The van der Waals surface area contributed by atoms with Crippen LogP contribution in [0.3, 0.4) is 0 Å². The average Bonchev–Trinajstić information content (AvgIpc) is 2.37. The molecule has 0 saturated carbocycles. The Balaban J connectivity index is 2.59. The molecule has 0 atom stereocenters. The molecule has 4 heteroatoms. The minimum atomic E-state index is -0.141. The third-order valence-corrected chi connectivity index (χ3v) is 2.51. The van der Waals surface area contributed by atoms with E-state index in [1.807, 2.05) is 31.2 Å². The lowest BCUT2D eigenvalue weighted by atomic mass is 10.1. The number of methoxy groups -OCH3 is 1. The topological polar surface area (TPSA) is 55.0 Å². The molecule has 0 saturated heterocycles. The van der Waals surface area contributed by atoms with Gasteiger partial charge in [-0.1, -0.05) is 19.1 Å². The number of hydrogen-bond acceptors (Lipinski definition) is 3. The molecule has 0 radical (unpaired) electrons. The fourth-order valence-corrected chi connectivity index (χ4v) is 1.67. The SMILES string of the molecule is CCc1nc(-c2ccccc2OC)cc(=O)[nH]1. The lowest BCUT2D eigenvalue weighted by Gasteiger charge is -2.07. The van der Waals surface area contributed by atoms with Crippen LogP contribution in [0.2, 0.25) is 0 Å². The number of nitrogens with zero attached hydrogens (tertiary/aromatic N) is 1. The van der Waals surface area contributed by atoms with Gasteiger partial charge >= 0.3 is 0 Å². The zero-order valence-electron chi connectivity index (χ0n) is 9.86. The first kappa shape index (κ1) is 11.4. The van der Waals surface area contributed by atoms with Crippen molar-refractivity contribution in [3.63, 3.8) is 0 Å². The van der Waals surface area contributed by atoms with Gasteiger partial charge in [-0.2, -0.15) is 0 Å². The molecule has 0 fully saturated rings. The molecular formula is C13H14N2O2. The van der Waals surface area contributed by atoms with E-state index in [1.165, 1.54) is 6.07 Å². The molecule has 1 aromatic carbocycles. The predicted octanol–water partition coefficient (Wildman–Crippen LogP) is 2.01. The van der Waals surface area contributed by atoms with Gasteiger partial charge in [-0.3, -0.25) is 4.79 Å². The number of aromatic amines is 1. The molecule has 0 spiro atoms. The van der Waals surface area contributed by atoms with Crippen molar-refractivity contribution in [2.75, 3.05) is 7.11 Å². The molecule has 4 nitrogen and oxygen atoms in total. The van der Waals surface area contributed by atoms with Gasteiger partial charge in [-0.05, 0) is 12.1 Å². The number of para-hydroxylation sites is 1. The Kier molecular flexibility index (Phi) is 3.23. The molecule has 0 amide bonds. The number of ether oxygens (including phenoxy) is 1. The van der Waals surface area contributed by atoms with Crippen molar-refractivity contribution in [2.45, 2.75) is 13.3 Å². The quantitative estimate of drug-likeness (QED) is 0.877. The Labute approximate surface area is 99.3 Å². The van der Waals surface area contributed by atoms with E-state index < -0.39 is 0 Å². The molecule has 1 aromatic heterocycles. The second kappa shape index (κ2) is 4.82. The zero-order valence-corrected chi connectivity index (χ0v) is 9.86. The summed E-state index contributed by atoms with van der Waals surface area (Å²) in [4.78, 5) is 18.6. The monoisotopic (exact) mass is 230 g/mol. The van der Waals surface area contributed by atoms with Crippen LogP contribution in [0.4, 0.5) is 0 Å². The summed E-state index contributed by atoms with van der Waals surface area (Å²) in [5.41, 5.74) is 1.33. The normalized spacial score (nSPS) is 10.2. The first-order chi connectivity index (χ1) is 8.24. The molecule has 88 valence electrons. The first-order valence-electron chi connectivity index (χ1n) is 5.48. The van der Waals surface area contributed by atoms with E-state index in [1.54, 1.807) is 7.11 Å². The van der Waals surface area contributed by atoms with Gasteiger partial charge in [0.25, 0.3) is 5.56 Å². The summed E-state index contributed by atoms with van der Waals surface area (Å²) < 4.78 is 5.26. The van der Waals surface area contributed by atoms with Gasteiger partial charge in [0.05, 0.1) is 12.8 Å². The van der Waals surface area contributed by atoms with E-state index in [4.69, 9.17) is 4.74 Å². The molecule has 0 unspecified atom stereocenters. The van der Waals surface area contributed by atoms with Crippen LogP contribution in [0.1, 0.15) is 12.7 Å². The van der Waals surface area contributed by atoms with Crippen molar-refractivity contribution in [1.82, 2.24) is 9.97 Å². The number of benzene rings is 1. The van der Waals surface area contributed by atoms with Crippen LogP contribution in [0.5, 0.6) is 5.75 Å². The number of H-pyrrole nitrogens is 1. The lowest BCUT2D eigenvalue weighted by Crippen LogP contribution is -2.10. The Morgan fingerprint density at radius 1 is 1.35 bits per heavy atom. The van der Waals surface area contributed by atoms with Crippen LogP contribution in [-0.2, 0) is 6.42 Å². The van der Waals surface area contributed by atoms with Gasteiger partial charge in [0.1, 0.15) is 11.6 Å². The van der Waals surface area contributed by atoms with Crippen molar-refractivity contribution in [3.8, 4) is 17.0 Å². The molecular weight excluding hydrogens is 216 g/mol. The highest BCUT2D eigenvalue weighted by Gasteiger charge is 2.08. The van der Waals surface area contributed by atoms with Gasteiger partial charge in [-0.15, -0.1) is 0 Å². The summed E-state index contributed by atoms with van der Waals surface area (Å²) in [6, 6.07) is 9.00. The summed E-state index contributed by atoms with van der Waals surface area (Å²) in [6.07, 6.45) is 0.693. The highest BCUT2D eigenvalue weighted by Crippen LogP contribution is 2.26. The first-order valence-corrected chi connectivity index (χ1v) is 5.48. The van der Waals surface area contributed by atoms with Crippen molar-refractivity contribution in [3.05, 3.63) is 46.5 Å². The third kappa shape index (κ3) is 2.36. The minimum absolute atomic E-state index is 0.141. The van der Waals surface area contributed by atoms with Gasteiger partial charge in [0.2, 0.25) is 0 Å². The van der Waals surface area contributed by atoms with E-state index in [0.29, 0.717) is 23.7 Å². The molecule has 17 heavy (non-hydrogen) atoms. The Morgan fingerprint density at radius 2 is 2.12 bits per heavy atom. The summed E-state index contributed by atoms with van der Waals surface area (Å²) in [7, 11) is 1.60. The Hall–Kier alpha value is -2.10.